The summed E-state index contributed by atoms with van der Waals surface area (Å²) in [5.74, 6) is 0.920. The smallest absolute Gasteiger partial charge is 0.269 e. The highest BCUT2D eigenvalue weighted by Gasteiger charge is 2.11. The molecule has 2 aromatic rings. The fourth-order valence-electron chi connectivity index (χ4n) is 2.35. The molecule has 0 aliphatic heterocycles. The Labute approximate surface area is 169 Å². The Morgan fingerprint density at radius 1 is 1.21 bits per heavy atom. The first-order valence-corrected chi connectivity index (χ1v) is 9.27. The SMILES string of the molecule is Cc1cc([N+](=O)[O-])ccc1NC(=S)NC(=O)c1ccc(OCCC(C)C)cc1. The zero-order chi connectivity index (χ0) is 20.7. The van der Waals surface area contributed by atoms with Crippen LogP contribution in [0.3, 0.4) is 0 Å². The first-order chi connectivity index (χ1) is 13.3. The normalized spacial score (nSPS) is 10.4. The second-order valence-corrected chi connectivity index (χ2v) is 7.13. The van der Waals surface area contributed by atoms with Crippen molar-refractivity contribution in [2.24, 2.45) is 5.92 Å². The van der Waals surface area contributed by atoms with Crippen LogP contribution in [-0.4, -0.2) is 22.5 Å². The number of nitrogens with one attached hydrogen (secondary N) is 2. The van der Waals surface area contributed by atoms with Crippen molar-refractivity contribution in [2.45, 2.75) is 27.2 Å². The molecule has 0 radical (unpaired) electrons. The van der Waals surface area contributed by atoms with Gasteiger partial charge < -0.3 is 10.1 Å². The molecule has 0 spiro atoms. The molecule has 2 rings (SSSR count). The fraction of sp³-hybridized carbons (Fsp3) is 0.300. The molecule has 0 aliphatic rings. The standard InChI is InChI=1S/C20H23N3O4S/c1-13(2)10-11-27-17-7-4-15(5-8-17)19(24)22-20(28)21-18-9-6-16(23(25)26)12-14(18)3/h4-9,12-13H,10-11H2,1-3H3,(H2,21,22,24,28). The van der Waals surface area contributed by atoms with Crippen LogP contribution in [0, 0.1) is 23.0 Å². The third-order valence-corrected chi connectivity index (χ3v) is 4.18. The Morgan fingerprint density at radius 3 is 2.46 bits per heavy atom. The fourth-order valence-corrected chi connectivity index (χ4v) is 2.55. The lowest BCUT2D eigenvalue weighted by Crippen LogP contribution is -2.34. The highest BCUT2D eigenvalue weighted by Crippen LogP contribution is 2.21. The monoisotopic (exact) mass is 401 g/mol. The number of nitro groups is 1. The summed E-state index contributed by atoms with van der Waals surface area (Å²) in [6.07, 6.45) is 0.963. The molecule has 0 bridgehead atoms. The van der Waals surface area contributed by atoms with Crippen molar-refractivity contribution in [1.82, 2.24) is 5.32 Å². The number of carbonyl (C=O) groups excluding carboxylic acids is 1. The van der Waals surface area contributed by atoms with Gasteiger partial charge in [0.1, 0.15) is 5.75 Å². The number of amides is 1. The first-order valence-electron chi connectivity index (χ1n) is 8.86. The van der Waals surface area contributed by atoms with Gasteiger partial charge in [0.05, 0.1) is 11.5 Å². The molecule has 0 fully saturated rings. The van der Waals surface area contributed by atoms with Crippen LogP contribution in [0.5, 0.6) is 5.75 Å². The maximum Gasteiger partial charge on any atom is 0.269 e. The number of nitrogens with zero attached hydrogens (tertiary/aromatic N) is 1. The number of hydrogen-bond donors (Lipinski definition) is 2. The average Bonchev–Trinajstić information content (AvgIpc) is 2.63. The zero-order valence-corrected chi connectivity index (χ0v) is 16.8. The molecule has 0 saturated heterocycles. The lowest BCUT2D eigenvalue weighted by Gasteiger charge is -2.12. The zero-order valence-electron chi connectivity index (χ0n) is 16.0. The predicted molar refractivity (Wildman–Crippen MR) is 113 cm³/mol. The van der Waals surface area contributed by atoms with Crippen LogP contribution >= 0.6 is 12.2 Å². The van der Waals surface area contributed by atoms with E-state index in [2.05, 4.69) is 24.5 Å². The van der Waals surface area contributed by atoms with Gasteiger partial charge in [0, 0.05) is 23.4 Å². The summed E-state index contributed by atoms with van der Waals surface area (Å²) in [7, 11) is 0. The highest BCUT2D eigenvalue weighted by atomic mass is 32.1. The van der Waals surface area contributed by atoms with Crippen molar-refractivity contribution < 1.29 is 14.5 Å². The van der Waals surface area contributed by atoms with E-state index in [4.69, 9.17) is 17.0 Å². The largest absolute Gasteiger partial charge is 0.494 e. The molecular weight excluding hydrogens is 378 g/mol. The number of nitro benzene ring substituents is 1. The van der Waals surface area contributed by atoms with Gasteiger partial charge in [-0.05, 0) is 67.4 Å². The Kier molecular flexibility index (Phi) is 7.45. The summed E-state index contributed by atoms with van der Waals surface area (Å²) in [5, 5.41) is 16.4. The molecule has 0 saturated carbocycles. The van der Waals surface area contributed by atoms with Crippen LogP contribution in [0.2, 0.25) is 0 Å². The van der Waals surface area contributed by atoms with Crippen LogP contribution in [0.1, 0.15) is 36.2 Å². The molecule has 0 heterocycles. The third kappa shape index (κ3) is 6.31. The van der Waals surface area contributed by atoms with Crippen LogP contribution in [0.15, 0.2) is 42.5 Å². The molecule has 0 aliphatic carbocycles. The van der Waals surface area contributed by atoms with E-state index in [9.17, 15) is 14.9 Å². The van der Waals surface area contributed by atoms with Gasteiger partial charge in [-0.15, -0.1) is 0 Å². The molecule has 1 amide bonds. The van der Waals surface area contributed by atoms with Crippen LogP contribution < -0.4 is 15.4 Å². The number of aryl methyl sites for hydroxylation is 1. The second-order valence-electron chi connectivity index (χ2n) is 6.72. The van der Waals surface area contributed by atoms with E-state index in [0.717, 1.165) is 6.42 Å². The highest BCUT2D eigenvalue weighted by molar-refractivity contribution is 7.80. The Morgan fingerprint density at radius 2 is 1.89 bits per heavy atom. The Bertz CT molecular complexity index is 866. The summed E-state index contributed by atoms with van der Waals surface area (Å²) in [6.45, 7) is 6.61. The Hall–Kier alpha value is -3.00. The Balaban J connectivity index is 1.91. The van der Waals surface area contributed by atoms with Gasteiger partial charge in [0.15, 0.2) is 5.11 Å². The van der Waals surface area contributed by atoms with Gasteiger partial charge in [-0.2, -0.15) is 0 Å². The molecule has 7 nitrogen and oxygen atoms in total. The molecule has 0 atom stereocenters. The number of non-ortho nitro benzene ring substituents is 1. The van der Waals surface area contributed by atoms with Crippen molar-refractivity contribution >= 4 is 34.6 Å². The minimum absolute atomic E-state index is 0.00583. The van der Waals surface area contributed by atoms with E-state index < -0.39 is 4.92 Å². The van der Waals surface area contributed by atoms with Crippen LogP contribution in [-0.2, 0) is 0 Å². The van der Waals surface area contributed by atoms with Crippen molar-refractivity contribution in [2.75, 3.05) is 11.9 Å². The number of thiocarbonyl (C=S) groups is 1. The summed E-state index contributed by atoms with van der Waals surface area (Å²) in [4.78, 5) is 22.6. The molecule has 28 heavy (non-hydrogen) atoms. The summed E-state index contributed by atoms with van der Waals surface area (Å²) >= 11 is 5.16. The minimum Gasteiger partial charge on any atom is -0.494 e. The molecule has 8 heteroatoms. The van der Waals surface area contributed by atoms with Crippen molar-refractivity contribution in [3.8, 4) is 5.75 Å². The third-order valence-electron chi connectivity index (χ3n) is 3.98. The van der Waals surface area contributed by atoms with Crippen LogP contribution in [0.4, 0.5) is 11.4 Å². The number of benzene rings is 2. The topological polar surface area (TPSA) is 93.5 Å². The van der Waals surface area contributed by atoms with Crippen molar-refractivity contribution in [3.63, 3.8) is 0 Å². The number of anilines is 1. The van der Waals surface area contributed by atoms with E-state index in [0.29, 0.717) is 35.1 Å². The van der Waals surface area contributed by atoms with Gasteiger partial charge in [-0.3, -0.25) is 20.2 Å². The van der Waals surface area contributed by atoms with E-state index in [1.165, 1.54) is 12.1 Å². The van der Waals surface area contributed by atoms with Gasteiger partial charge in [-0.25, -0.2) is 0 Å². The first kappa shape index (κ1) is 21.3. The predicted octanol–water partition coefficient (Wildman–Crippen LogP) is 4.45. The molecule has 0 aromatic heterocycles. The maximum atomic E-state index is 12.3. The number of ether oxygens (including phenoxy) is 1. The van der Waals surface area contributed by atoms with E-state index >= 15 is 0 Å². The van der Waals surface area contributed by atoms with Gasteiger partial charge in [0.2, 0.25) is 0 Å². The molecule has 148 valence electrons. The number of hydrogen-bond acceptors (Lipinski definition) is 5. The molecule has 2 aromatic carbocycles. The molecule has 0 unspecified atom stereocenters. The number of carbonyl (C=O) groups is 1. The van der Waals surface area contributed by atoms with Crippen LogP contribution in [0.25, 0.3) is 0 Å². The minimum atomic E-state index is -0.465. The van der Waals surface area contributed by atoms with Gasteiger partial charge in [0.25, 0.3) is 11.6 Å². The lowest BCUT2D eigenvalue weighted by molar-refractivity contribution is -0.384. The van der Waals surface area contributed by atoms with Gasteiger partial charge in [-0.1, -0.05) is 13.8 Å². The quantitative estimate of drug-likeness (QED) is 0.404. The van der Waals surface area contributed by atoms with E-state index in [-0.39, 0.29) is 16.7 Å². The van der Waals surface area contributed by atoms with E-state index in [1.807, 2.05) is 0 Å². The van der Waals surface area contributed by atoms with Gasteiger partial charge >= 0.3 is 0 Å². The maximum absolute atomic E-state index is 12.3. The van der Waals surface area contributed by atoms with E-state index in [1.54, 1.807) is 37.3 Å². The second kappa shape index (κ2) is 9.80. The summed E-state index contributed by atoms with van der Waals surface area (Å²) < 4.78 is 5.63. The summed E-state index contributed by atoms with van der Waals surface area (Å²) in [5.41, 5.74) is 1.67. The number of rotatable bonds is 7. The molecule has 2 N–H and O–H groups in total. The lowest BCUT2D eigenvalue weighted by atomic mass is 10.1. The molecular formula is C20H23N3O4S. The summed E-state index contributed by atoms with van der Waals surface area (Å²) in [6, 6.07) is 11.2. The van der Waals surface area contributed by atoms with Crippen molar-refractivity contribution in [3.05, 3.63) is 63.7 Å². The average molecular weight is 401 g/mol. The van der Waals surface area contributed by atoms with Crippen molar-refractivity contribution in [1.29, 1.82) is 0 Å².